The van der Waals surface area contributed by atoms with E-state index >= 15 is 0 Å². The fourth-order valence-electron chi connectivity index (χ4n) is 7.38. The van der Waals surface area contributed by atoms with Gasteiger partial charge in [-0.3, -0.25) is 4.98 Å². The molecular formula is C44H32N4O4. The Hall–Kier alpha value is -7.06. The number of H-pyrrole nitrogens is 2. The van der Waals surface area contributed by atoms with Crippen LogP contribution in [-0.4, -0.2) is 40.4 Å². The number of aromatic hydroxyl groups is 4. The molecule has 52 heavy (non-hydrogen) atoms. The van der Waals surface area contributed by atoms with E-state index in [9.17, 15) is 20.4 Å². The average Bonchev–Trinajstić information content (AvgIpc) is 3.99. The zero-order chi connectivity index (χ0) is 35.3. The van der Waals surface area contributed by atoms with Crippen molar-refractivity contribution in [2.24, 2.45) is 0 Å². The number of hydrogen-bond acceptors (Lipinski definition) is 6. The van der Waals surface area contributed by atoms with E-state index in [2.05, 4.69) is 9.97 Å². The van der Waals surface area contributed by atoms with E-state index in [1.54, 1.807) is 48.5 Å². The molecule has 3 aromatic heterocycles. The summed E-state index contributed by atoms with van der Waals surface area (Å²) in [6, 6.07) is 36.6. The molecule has 0 spiro atoms. The number of nitrogens with one attached hydrogen (secondary N) is 2. The van der Waals surface area contributed by atoms with E-state index in [1.165, 1.54) is 0 Å². The number of fused-ring (bicyclic) bond motifs is 8. The van der Waals surface area contributed by atoms with E-state index in [0.29, 0.717) is 68.6 Å². The number of aromatic amines is 2. The predicted octanol–water partition coefficient (Wildman–Crippen LogP) is 9.76. The Labute approximate surface area is 298 Å². The molecule has 6 N–H and O–H groups in total. The highest BCUT2D eigenvalue weighted by Crippen LogP contribution is 2.42. The monoisotopic (exact) mass is 680 g/mol. The third-order valence-corrected chi connectivity index (χ3v) is 9.74. The number of phenols is 4. The zero-order valence-corrected chi connectivity index (χ0v) is 27.8. The lowest BCUT2D eigenvalue weighted by Crippen LogP contribution is -1.90. The molecule has 4 aromatic carbocycles. The Bertz CT molecular complexity index is 2570. The Kier molecular flexibility index (Phi) is 7.36. The van der Waals surface area contributed by atoms with Crippen LogP contribution in [0.5, 0.6) is 23.0 Å². The number of benzene rings is 4. The number of hydrogen-bond donors (Lipinski definition) is 6. The molecule has 8 heteroatoms. The maximum absolute atomic E-state index is 11.2. The summed E-state index contributed by atoms with van der Waals surface area (Å²) >= 11 is 0. The van der Waals surface area contributed by atoms with E-state index in [-0.39, 0.29) is 23.0 Å². The molecule has 5 heterocycles. The number of rotatable bonds is 4. The van der Waals surface area contributed by atoms with E-state index in [4.69, 9.17) is 9.97 Å². The fraction of sp³-hybridized carbons (Fsp3) is 0.0455. The van der Waals surface area contributed by atoms with Gasteiger partial charge < -0.3 is 30.4 Å². The number of aryl methyl sites for hydroxylation is 2. The first-order valence-electron chi connectivity index (χ1n) is 17.0. The standard InChI is InChI=1S/C44H32N4O4/c49-37-13-5-1-9-25(37)41-29-17-19-31(45-29)42(26-10-2-6-14-38(26)50)33-21-23-35(47-33)44(28-12-4-8-16-40(28)52)36-24-22-34(48-36)43(32-20-18-30(41)46-32)27-11-3-7-15-39(27)51/h1-21,23,46-47,49-52H,22,24H2. The van der Waals surface area contributed by atoms with Crippen molar-refractivity contribution in [2.75, 3.05) is 0 Å². The fourth-order valence-corrected chi connectivity index (χ4v) is 7.38. The van der Waals surface area contributed by atoms with Crippen LogP contribution >= 0.6 is 0 Å². The van der Waals surface area contributed by atoms with Gasteiger partial charge >= 0.3 is 0 Å². The normalized spacial score (nSPS) is 12.3. The van der Waals surface area contributed by atoms with E-state index in [0.717, 1.165) is 33.5 Å². The first-order valence-corrected chi connectivity index (χ1v) is 17.0. The van der Waals surface area contributed by atoms with Crippen LogP contribution < -0.4 is 0 Å². The molecule has 0 atom stereocenters. The Morgan fingerprint density at radius 1 is 0.365 bits per heavy atom. The SMILES string of the molecule is Oc1ccccc1-c1c2nc(c(-c3ccccc3O)c3ccc([nH]3)c(-c3ccccc3O)c3nc(c(-c4ccccc4O)c4ccc1[nH]4)CC3)C=C2. The van der Waals surface area contributed by atoms with Gasteiger partial charge in [0.15, 0.2) is 0 Å². The minimum atomic E-state index is 0.100. The first-order chi connectivity index (χ1) is 25.4. The molecule has 0 aliphatic carbocycles. The maximum atomic E-state index is 11.2. The predicted molar refractivity (Wildman–Crippen MR) is 206 cm³/mol. The summed E-state index contributed by atoms with van der Waals surface area (Å²) in [5.74, 6) is 0.446. The Morgan fingerprint density at radius 2 is 0.673 bits per heavy atom. The quantitative estimate of drug-likeness (QED) is 0.109. The van der Waals surface area contributed by atoms with Gasteiger partial charge in [-0.1, -0.05) is 72.8 Å². The molecule has 9 rings (SSSR count). The van der Waals surface area contributed by atoms with Crippen LogP contribution in [0.15, 0.2) is 121 Å². The molecule has 0 fully saturated rings. The molecule has 0 unspecified atom stereocenters. The first kappa shape index (κ1) is 31.0. The van der Waals surface area contributed by atoms with Gasteiger partial charge in [-0.15, -0.1) is 0 Å². The second-order valence-electron chi connectivity index (χ2n) is 12.9. The highest BCUT2D eigenvalue weighted by Gasteiger charge is 2.23. The van der Waals surface area contributed by atoms with Crippen LogP contribution in [0.3, 0.4) is 0 Å². The summed E-state index contributed by atoms with van der Waals surface area (Å²) < 4.78 is 0. The van der Waals surface area contributed by atoms with Crippen LogP contribution in [0.1, 0.15) is 22.8 Å². The van der Waals surface area contributed by atoms with E-state index < -0.39 is 0 Å². The topological polar surface area (TPSA) is 138 Å². The average molecular weight is 681 g/mol. The van der Waals surface area contributed by atoms with Crippen molar-refractivity contribution >= 4 is 34.2 Å². The van der Waals surface area contributed by atoms with Crippen LogP contribution in [0.4, 0.5) is 0 Å². The second-order valence-corrected chi connectivity index (χ2v) is 12.9. The largest absolute Gasteiger partial charge is 0.507 e. The summed E-state index contributed by atoms with van der Waals surface area (Å²) in [6.07, 6.45) is 4.98. The Morgan fingerprint density at radius 3 is 1.02 bits per heavy atom. The summed E-state index contributed by atoms with van der Waals surface area (Å²) in [7, 11) is 0. The molecule has 2 aliphatic heterocycles. The molecule has 7 aromatic rings. The second kappa shape index (κ2) is 12.4. The number of nitrogens with zero attached hydrogens (tertiary/aromatic N) is 2. The van der Waals surface area contributed by atoms with Crippen molar-refractivity contribution in [3.8, 4) is 67.5 Å². The third kappa shape index (κ3) is 5.16. The van der Waals surface area contributed by atoms with Crippen LogP contribution in [-0.2, 0) is 12.8 Å². The van der Waals surface area contributed by atoms with E-state index in [1.807, 2.05) is 84.9 Å². The van der Waals surface area contributed by atoms with Crippen molar-refractivity contribution in [3.05, 3.63) is 144 Å². The van der Waals surface area contributed by atoms with Gasteiger partial charge in [0.25, 0.3) is 0 Å². The van der Waals surface area contributed by atoms with Gasteiger partial charge in [-0.2, -0.15) is 0 Å². The summed E-state index contributed by atoms with van der Waals surface area (Å²) in [5, 5.41) is 44.7. The molecule has 8 bridgehead atoms. The maximum Gasteiger partial charge on any atom is 0.123 e. The summed E-state index contributed by atoms with van der Waals surface area (Å²) in [5.41, 5.74) is 10.9. The minimum absolute atomic E-state index is 0.100. The molecule has 0 saturated carbocycles. The van der Waals surface area contributed by atoms with Crippen LogP contribution in [0.2, 0.25) is 0 Å². The van der Waals surface area contributed by atoms with Crippen LogP contribution in [0.25, 0.3) is 78.7 Å². The highest BCUT2D eigenvalue weighted by atomic mass is 16.3. The molecule has 252 valence electrons. The molecule has 0 amide bonds. The summed E-state index contributed by atoms with van der Waals surface area (Å²) in [6.45, 7) is 0. The van der Waals surface area contributed by atoms with Crippen molar-refractivity contribution in [3.63, 3.8) is 0 Å². The van der Waals surface area contributed by atoms with Gasteiger partial charge in [-0.05, 0) is 73.5 Å². The molecule has 2 aliphatic rings. The van der Waals surface area contributed by atoms with Gasteiger partial charge in [0.2, 0.25) is 0 Å². The lowest BCUT2D eigenvalue weighted by Gasteiger charge is -2.09. The van der Waals surface area contributed by atoms with Crippen molar-refractivity contribution in [1.29, 1.82) is 0 Å². The third-order valence-electron chi connectivity index (χ3n) is 9.74. The lowest BCUT2D eigenvalue weighted by atomic mass is 9.99. The molecule has 0 saturated heterocycles. The van der Waals surface area contributed by atoms with Gasteiger partial charge in [0, 0.05) is 66.6 Å². The molecule has 0 radical (unpaired) electrons. The minimum Gasteiger partial charge on any atom is -0.507 e. The number of para-hydroxylation sites is 4. The molecular weight excluding hydrogens is 649 g/mol. The van der Waals surface area contributed by atoms with Gasteiger partial charge in [-0.25, -0.2) is 4.98 Å². The Balaban J connectivity index is 1.51. The number of aromatic nitrogens is 4. The number of phenolic OH excluding ortho intramolecular Hbond substituents is 4. The van der Waals surface area contributed by atoms with Crippen molar-refractivity contribution in [1.82, 2.24) is 19.9 Å². The zero-order valence-electron chi connectivity index (χ0n) is 27.8. The van der Waals surface area contributed by atoms with Gasteiger partial charge in [0.1, 0.15) is 23.0 Å². The van der Waals surface area contributed by atoms with Crippen molar-refractivity contribution in [2.45, 2.75) is 12.8 Å². The van der Waals surface area contributed by atoms with Crippen LogP contribution in [0, 0.1) is 0 Å². The van der Waals surface area contributed by atoms with Gasteiger partial charge in [0.05, 0.1) is 22.8 Å². The lowest BCUT2D eigenvalue weighted by molar-refractivity contribution is 0.477. The summed E-state index contributed by atoms with van der Waals surface area (Å²) in [4.78, 5) is 17.7. The van der Waals surface area contributed by atoms with Crippen molar-refractivity contribution < 1.29 is 20.4 Å². The highest BCUT2D eigenvalue weighted by molar-refractivity contribution is 5.99. The molecule has 8 nitrogen and oxygen atoms in total. The smallest absolute Gasteiger partial charge is 0.123 e.